The van der Waals surface area contributed by atoms with Crippen molar-refractivity contribution in [1.82, 2.24) is 24.8 Å². The predicted molar refractivity (Wildman–Crippen MR) is 154 cm³/mol. The number of carbonyl (C=O) groups is 2. The number of likely N-dealkylation sites (tertiary alicyclic amines) is 2. The summed E-state index contributed by atoms with van der Waals surface area (Å²) >= 11 is 19.0. The van der Waals surface area contributed by atoms with Gasteiger partial charge >= 0.3 is 0 Å². The van der Waals surface area contributed by atoms with Gasteiger partial charge in [-0.25, -0.2) is 4.68 Å². The Balaban J connectivity index is 1.24. The Morgan fingerprint density at radius 1 is 1.00 bits per heavy atom. The van der Waals surface area contributed by atoms with Gasteiger partial charge in [0.25, 0.3) is 5.91 Å². The van der Waals surface area contributed by atoms with E-state index < -0.39 is 6.04 Å². The Bertz CT molecular complexity index is 1420. The lowest BCUT2D eigenvalue weighted by molar-refractivity contribution is -0.136. The van der Waals surface area contributed by atoms with E-state index in [0.29, 0.717) is 75.5 Å². The van der Waals surface area contributed by atoms with Gasteiger partial charge in [0.1, 0.15) is 17.5 Å². The van der Waals surface area contributed by atoms with Crippen molar-refractivity contribution in [2.45, 2.75) is 50.7 Å². The van der Waals surface area contributed by atoms with Gasteiger partial charge in [0.2, 0.25) is 5.91 Å². The second kappa shape index (κ2) is 11.2. The van der Waals surface area contributed by atoms with Crippen LogP contribution in [0, 0.1) is 11.8 Å². The molecule has 3 heterocycles. The molecule has 40 heavy (non-hydrogen) atoms. The van der Waals surface area contributed by atoms with Crippen LogP contribution in [0.5, 0.6) is 5.75 Å². The fourth-order valence-corrected chi connectivity index (χ4v) is 7.12. The molecule has 1 saturated carbocycles. The molecule has 2 saturated heterocycles. The molecule has 0 radical (unpaired) electrons. The van der Waals surface area contributed by atoms with Gasteiger partial charge in [-0.05, 0) is 74.3 Å². The van der Waals surface area contributed by atoms with E-state index in [2.05, 4.69) is 10.3 Å². The number of amides is 2. The van der Waals surface area contributed by atoms with Crippen molar-refractivity contribution in [2.24, 2.45) is 11.8 Å². The number of benzene rings is 2. The third kappa shape index (κ3) is 5.17. The van der Waals surface area contributed by atoms with Crippen LogP contribution in [0.3, 0.4) is 0 Å². The Labute approximate surface area is 248 Å². The zero-order valence-corrected chi connectivity index (χ0v) is 24.4. The first kappa shape index (κ1) is 27.4. The molecule has 11 heteroatoms. The normalized spacial score (nSPS) is 22.6. The van der Waals surface area contributed by atoms with Crippen molar-refractivity contribution in [3.63, 3.8) is 0 Å². The van der Waals surface area contributed by atoms with Crippen LogP contribution in [0.1, 0.15) is 42.5 Å². The molecule has 3 unspecified atom stereocenters. The molecule has 0 spiro atoms. The highest BCUT2D eigenvalue weighted by molar-refractivity contribution is 6.39. The van der Waals surface area contributed by atoms with Crippen LogP contribution in [-0.2, 0) is 11.3 Å². The van der Waals surface area contributed by atoms with Crippen LogP contribution in [0.2, 0.25) is 15.1 Å². The monoisotopic (exact) mass is 601 g/mol. The summed E-state index contributed by atoms with van der Waals surface area (Å²) in [4.78, 5) is 31.4. The second-order valence-corrected chi connectivity index (χ2v) is 12.1. The Morgan fingerprint density at radius 3 is 2.50 bits per heavy atom. The maximum Gasteiger partial charge on any atom is 0.258 e. The van der Waals surface area contributed by atoms with Crippen LogP contribution >= 0.6 is 34.8 Å². The third-order valence-corrected chi connectivity index (χ3v) is 9.30. The Hall–Kier alpha value is -2.81. The van der Waals surface area contributed by atoms with Gasteiger partial charge in [-0.1, -0.05) is 46.1 Å². The summed E-state index contributed by atoms with van der Waals surface area (Å²) in [6.07, 6.45) is 6.55. The number of hydrogen-bond acceptors (Lipinski definition) is 5. The molecule has 2 amide bonds. The minimum absolute atomic E-state index is 0.00511. The highest BCUT2D eigenvalue weighted by Crippen LogP contribution is 2.45. The van der Waals surface area contributed by atoms with Gasteiger partial charge in [-0.2, -0.15) is 0 Å². The van der Waals surface area contributed by atoms with Crippen molar-refractivity contribution in [1.29, 1.82) is 0 Å². The van der Waals surface area contributed by atoms with Crippen LogP contribution in [-0.4, -0.2) is 68.9 Å². The molecule has 3 fully saturated rings. The smallest absolute Gasteiger partial charge is 0.258 e. The van der Waals surface area contributed by atoms with E-state index in [9.17, 15) is 9.59 Å². The zero-order valence-electron chi connectivity index (χ0n) is 22.1. The number of halogens is 3. The highest BCUT2D eigenvalue weighted by Gasteiger charge is 2.48. The summed E-state index contributed by atoms with van der Waals surface area (Å²) in [6, 6.07) is 9.76. The fourth-order valence-electron chi connectivity index (χ4n) is 6.36. The van der Waals surface area contributed by atoms with Gasteiger partial charge in [0.05, 0.1) is 41.5 Å². The minimum Gasteiger partial charge on any atom is -0.496 e. The van der Waals surface area contributed by atoms with Crippen molar-refractivity contribution in [2.75, 3.05) is 20.2 Å². The summed E-state index contributed by atoms with van der Waals surface area (Å²) in [5, 5.41) is 10.2. The summed E-state index contributed by atoms with van der Waals surface area (Å²) in [7, 11) is 1.52. The van der Waals surface area contributed by atoms with E-state index >= 15 is 0 Å². The molecular weight excluding hydrogens is 573 g/mol. The molecule has 3 aliphatic rings. The lowest BCUT2D eigenvalue weighted by Crippen LogP contribution is -2.51. The topological polar surface area (TPSA) is 80.6 Å². The summed E-state index contributed by atoms with van der Waals surface area (Å²) in [5.41, 5.74) is 1.61. The lowest BCUT2D eigenvalue weighted by Gasteiger charge is -2.33. The van der Waals surface area contributed by atoms with E-state index in [0.717, 1.165) is 12.8 Å². The predicted octanol–water partition coefficient (Wildman–Crippen LogP) is 5.85. The average molecular weight is 603 g/mol. The quantitative estimate of drug-likeness (QED) is 0.339. The second-order valence-electron chi connectivity index (χ2n) is 10.8. The van der Waals surface area contributed by atoms with E-state index in [1.54, 1.807) is 46.0 Å². The van der Waals surface area contributed by atoms with Crippen LogP contribution in [0.4, 0.5) is 0 Å². The molecule has 1 aromatic heterocycles. The Kier molecular flexibility index (Phi) is 7.68. The molecule has 3 atom stereocenters. The zero-order chi connectivity index (χ0) is 28.0. The summed E-state index contributed by atoms with van der Waals surface area (Å²) in [5.74, 6) is 1.21. The molecule has 210 valence electrons. The van der Waals surface area contributed by atoms with Gasteiger partial charge in [0.15, 0.2) is 0 Å². The third-order valence-electron chi connectivity index (χ3n) is 8.43. The number of carbonyl (C=O) groups excluding carboxylic acids is 2. The van der Waals surface area contributed by atoms with Crippen molar-refractivity contribution < 1.29 is 14.3 Å². The van der Waals surface area contributed by atoms with E-state index in [4.69, 9.17) is 39.5 Å². The number of ether oxygens (including phenoxy) is 1. The highest BCUT2D eigenvalue weighted by atomic mass is 35.5. The largest absolute Gasteiger partial charge is 0.496 e. The molecule has 1 aliphatic carbocycles. The lowest BCUT2D eigenvalue weighted by atomic mass is 9.94. The van der Waals surface area contributed by atoms with Crippen molar-refractivity contribution >= 4 is 46.6 Å². The maximum atomic E-state index is 14.1. The van der Waals surface area contributed by atoms with Gasteiger partial charge < -0.3 is 14.5 Å². The number of aromatic nitrogens is 3. The SMILES string of the molecule is COc1ccc(Cl)cc1C(=O)N1CCCC1C(=O)N1CCC(C2CC2)C1Cn1cc(-c2c(Cl)cccc2Cl)nn1. The first-order chi connectivity index (χ1) is 19.4. The van der Waals surface area contributed by atoms with E-state index in [-0.39, 0.29) is 17.9 Å². The Morgan fingerprint density at radius 2 is 1.77 bits per heavy atom. The van der Waals surface area contributed by atoms with Crippen LogP contribution in [0.25, 0.3) is 11.3 Å². The standard InChI is InChI=1S/C29H30Cl3N5O3/c1-40-26-10-9-18(30)14-20(26)28(38)36-12-3-6-24(36)29(39)37-13-11-19(17-7-8-17)25(37)16-35-15-23(33-34-35)27-21(31)4-2-5-22(27)32/h2,4-5,9-10,14-15,17,19,24-25H,3,6-8,11-13,16H2,1H3. The van der Waals surface area contributed by atoms with Crippen LogP contribution < -0.4 is 4.74 Å². The summed E-state index contributed by atoms with van der Waals surface area (Å²) < 4.78 is 7.21. The van der Waals surface area contributed by atoms with Gasteiger partial charge in [-0.3, -0.25) is 9.59 Å². The van der Waals surface area contributed by atoms with Crippen molar-refractivity contribution in [3.05, 3.63) is 63.2 Å². The van der Waals surface area contributed by atoms with E-state index in [1.807, 2.05) is 11.1 Å². The number of methoxy groups -OCH3 is 1. The molecule has 2 aliphatic heterocycles. The van der Waals surface area contributed by atoms with Gasteiger partial charge in [0, 0.05) is 23.7 Å². The number of hydrogen-bond donors (Lipinski definition) is 0. The first-order valence-corrected chi connectivity index (χ1v) is 14.8. The minimum atomic E-state index is -0.523. The average Bonchev–Trinajstić information content (AvgIpc) is 3.31. The van der Waals surface area contributed by atoms with E-state index in [1.165, 1.54) is 20.0 Å². The summed E-state index contributed by atoms with van der Waals surface area (Å²) in [6.45, 7) is 1.70. The molecule has 3 aromatic rings. The molecule has 8 nitrogen and oxygen atoms in total. The van der Waals surface area contributed by atoms with Crippen molar-refractivity contribution in [3.8, 4) is 17.0 Å². The molecule has 2 aromatic carbocycles. The first-order valence-electron chi connectivity index (χ1n) is 13.6. The molecule has 0 bridgehead atoms. The van der Waals surface area contributed by atoms with Crippen LogP contribution in [0.15, 0.2) is 42.6 Å². The number of rotatable bonds is 7. The van der Waals surface area contributed by atoms with Gasteiger partial charge in [-0.15, -0.1) is 5.10 Å². The number of nitrogens with zero attached hydrogens (tertiary/aromatic N) is 5. The molecule has 0 N–H and O–H groups in total. The molecular formula is C29H30Cl3N5O3. The fraction of sp³-hybridized carbons (Fsp3) is 0.448. The molecule has 6 rings (SSSR count). The maximum absolute atomic E-state index is 14.1.